The number of rotatable bonds is 8. The molecular weight excluding hydrogens is 512 g/mol. The van der Waals surface area contributed by atoms with E-state index in [2.05, 4.69) is 0 Å². The summed E-state index contributed by atoms with van der Waals surface area (Å²) in [5.74, 6) is -3.83. The van der Waals surface area contributed by atoms with E-state index in [-0.39, 0.29) is 6.61 Å². The molecule has 0 aliphatic carbocycles. The molecule has 0 aromatic heterocycles. The molecule has 0 amide bonds. The number of hydrogen-bond donors (Lipinski definition) is 0. The highest BCUT2D eigenvalue weighted by Crippen LogP contribution is 2.40. The first-order valence-corrected chi connectivity index (χ1v) is 12.2. The van der Waals surface area contributed by atoms with Crippen molar-refractivity contribution >= 4 is 23.9 Å². The third-order valence-corrected chi connectivity index (χ3v) is 6.04. The Kier molecular flexibility index (Phi) is 9.71. The van der Waals surface area contributed by atoms with Gasteiger partial charge in [0, 0.05) is 34.8 Å². The van der Waals surface area contributed by atoms with E-state index >= 15 is 0 Å². The first-order valence-electron chi connectivity index (χ1n) is 12.2. The topological polar surface area (TPSA) is 161 Å². The molecule has 3 fully saturated rings. The van der Waals surface area contributed by atoms with E-state index in [9.17, 15) is 19.2 Å². The molecule has 0 saturated carbocycles. The van der Waals surface area contributed by atoms with E-state index in [1.807, 2.05) is 0 Å². The Balaban J connectivity index is 1.98. The van der Waals surface area contributed by atoms with E-state index in [1.165, 1.54) is 14.0 Å². The number of ether oxygens (including phenoxy) is 10. The van der Waals surface area contributed by atoms with Gasteiger partial charge in [-0.3, -0.25) is 19.2 Å². The summed E-state index contributed by atoms with van der Waals surface area (Å²) in [5.41, 5.74) is 0. The molecule has 0 aromatic carbocycles. The molecule has 38 heavy (non-hydrogen) atoms. The van der Waals surface area contributed by atoms with Crippen molar-refractivity contribution in [2.45, 2.75) is 116 Å². The molecule has 216 valence electrons. The third kappa shape index (κ3) is 7.18. The Morgan fingerprint density at radius 1 is 0.711 bits per heavy atom. The first kappa shape index (κ1) is 30.2. The van der Waals surface area contributed by atoms with Gasteiger partial charge in [-0.2, -0.15) is 0 Å². The maximum absolute atomic E-state index is 12.1. The predicted octanol–water partition coefficient (Wildman–Crippen LogP) is 0.366. The van der Waals surface area contributed by atoms with Crippen LogP contribution in [-0.2, 0) is 66.5 Å². The van der Waals surface area contributed by atoms with Crippen molar-refractivity contribution in [2.24, 2.45) is 0 Å². The molecule has 3 aliphatic heterocycles. The van der Waals surface area contributed by atoms with Gasteiger partial charge in [0.1, 0.15) is 31.0 Å². The Hall–Kier alpha value is -2.36. The molecule has 3 heterocycles. The molecule has 0 spiro atoms. The lowest BCUT2D eigenvalue weighted by Gasteiger charge is -2.47. The highest BCUT2D eigenvalue weighted by Gasteiger charge is 2.58. The van der Waals surface area contributed by atoms with E-state index in [4.69, 9.17) is 47.4 Å². The summed E-state index contributed by atoms with van der Waals surface area (Å²) < 4.78 is 57.2. The lowest BCUT2D eigenvalue weighted by molar-refractivity contribution is -0.346. The number of carbonyl (C=O) groups is 4. The van der Waals surface area contributed by atoms with E-state index in [0.717, 1.165) is 20.8 Å². The largest absolute Gasteiger partial charge is 0.463 e. The van der Waals surface area contributed by atoms with Crippen molar-refractivity contribution in [1.82, 2.24) is 0 Å². The van der Waals surface area contributed by atoms with Gasteiger partial charge >= 0.3 is 23.9 Å². The highest BCUT2D eigenvalue weighted by atomic mass is 16.8. The van der Waals surface area contributed by atoms with Gasteiger partial charge in [0.05, 0.1) is 6.10 Å². The quantitative estimate of drug-likeness (QED) is 0.302. The monoisotopic (exact) mass is 548 g/mol. The Bertz CT molecular complexity index is 889. The van der Waals surface area contributed by atoms with Gasteiger partial charge < -0.3 is 47.4 Å². The molecule has 10 unspecified atom stereocenters. The Labute approximate surface area is 220 Å². The van der Waals surface area contributed by atoms with Crippen molar-refractivity contribution in [2.75, 3.05) is 13.7 Å². The van der Waals surface area contributed by atoms with Crippen LogP contribution in [0.3, 0.4) is 0 Å². The number of methoxy groups -OCH3 is 1. The van der Waals surface area contributed by atoms with Crippen LogP contribution in [0.15, 0.2) is 0 Å². The Morgan fingerprint density at radius 3 is 1.82 bits per heavy atom. The standard InChI is InChI=1S/C24H36O14/c1-10-16(19-21(22(29-8)31-10)38-24(6,7)37-19)36-23-20(34-14(5)28)18(33-13(4)27)17(32-12(3)26)15(35-23)9-30-11(2)25/h10,15-23H,9H2,1-8H3. The van der Waals surface area contributed by atoms with Crippen LogP contribution in [0.2, 0.25) is 0 Å². The molecule has 3 rings (SSSR count). The molecule has 3 saturated heterocycles. The molecule has 0 radical (unpaired) electrons. The van der Waals surface area contributed by atoms with Gasteiger partial charge in [-0.25, -0.2) is 0 Å². The maximum atomic E-state index is 12.1. The lowest BCUT2D eigenvalue weighted by atomic mass is 9.96. The fourth-order valence-electron chi connectivity index (χ4n) is 4.75. The number of fused-ring (bicyclic) bond motifs is 1. The van der Waals surface area contributed by atoms with Crippen LogP contribution >= 0.6 is 0 Å². The summed E-state index contributed by atoms with van der Waals surface area (Å²) in [5, 5.41) is 0. The van der Waals surface area contributed by atoms with Crippen LogP contribution in [0.25, 0.3) is 0 Å². The van der Waals surface area contributed by atoms with Crippen LogP contribution in [0.1, 0.15) is 48.5 Å². The summed E-state index contributed by atoms with van der Waals surface area (Å²) in [7, 11) is 1.48. The van der Waals surface area contributed by atoms with Crippen molar-refractivity contribution < 1.29 is 66.5 Å². The molecule has 0 aromatic rings. The molecule has 0 bridgehead atoms. The van der Waals surface area contributed by atoms with Gasteiger partial charge in [-0.15, -0.1) is 0 Å². The van der Waals surface area contributed by atoms with Gasteiger partial charge in [0.2, 0.25) is 0 Å². The second kappa shape index (κ2) is 12.2. The molecular formula is C24H36O14. The van der Waals surface area contributed by atoms with Crippen molar-refractivity contribution in [3.63, 3.8) is 0 Å². The fraction of sp³-hybridized carbons (Fsp3) is 0.833. The SMILES string of the molecule is COC1OC(C)C(OC2OC(COC(C)=O)C(OC(C)=O)C(OC(C)=O)C2OC(C)=O)C2OC(C)(C)OC12. The van der Waals surface area contributed by atoms with Gasteiger partial charge in [0.25, 0.3) is 0 Å². The minimum atomic E-state index is -1.39. The molecule has 3 aliphatic rings. The summed E-state index contributed by atoms with van der Waals surface area (Å²) >= 11 is 0. The summed E-state index contributed by atoms with van der Waals surface area (Å²) in [6, 6.07) is 0. The van der Waals surface area contributed by atoms with Crippen molar-refractivity contribution in [1.29, 1.82) is 0 Å². The minimum absolute atomic E-state index is 0.376. The van der Waals surface area contributed by atoms with Crippen LogP contribution in [-0.4, -0.2) is 105 Å². The van der Waals surface area contributed by atoms with Gasteiger partial charge in [0.15, 0.2) is 36.7 Å². The van der Waals surface area contributed by atoms with Crippen molar-refractivity contribution in [3.05, 3.63) is 0 Å². The first-order chi connectivity index (χ1) is 17.7. The average Bonchev–Trinajstić information content (AvgIpc) is 3.12. The zero-order valence-corrected chi connectivity index (χ0v) is 22.7. The lowest BCUT2D eigenvalue weighted by Crippen LogP contribution is -2.65. The molecule has 14 nitrogen and oxygen atoms in total. The van der Waals surface area contributed by atoms with Crippen molar-refractivity contribution in [3.8, 4) is 0 Å². The van der Waals surface area contributed by atoms with Crippen LogP contribution < -0.4 is 0 Å². The van der Waals surface area contributed by atoms with E-state index < -0.39 is 91.1 Å². The fourth-order valence-corrected chi connectivity index (χ4v) is 4.75. The molecule has 0 N–H and O–H groups in total. The predicted molar refractivity (Wildman–Crippen MR) is 122 cm³/mol. The summed E-state index contributed by atoms with van der Waals surface area (Å²) in [6.07, 6.45) is -10.1. The normalized spacial score (nSPS) is 38.0. The second-order valence-electron chi connectivity index (χ2n) is 9.68. The molecule has 14 heteroatoms. The van der Waals surface area contributed by atoms with Gasteiger partial charge in [-0.05, 0) is 20.8 Å². The minimum Gasteiger partial charge on any atom is -0.463 e. The van der Waals surface area contributed by atoms with Crippen LogP contribution in [0.4, 0.5) is 0 Å². The second-order valence-corrected chi connectivity index (χ2v) is 9.68. The number of carbonyl (C=O) groups excluding carboxylic acids is 4. The Morgan fingerprint density at radius 2 is 1.26 bits per heavy atom. The smallest absolute Gasteiger partial charge is 0.303 e. The third-order valence-electron chi connectivity index (χ3n) is 6.04. The maximum Gasteiger partial charge on any atom is 0.303 e. The number of hydrogen-bond acceptors (Lipinski definition) is 14. The van der Waals surface area contributed by atoms with E-state index in [1.54, 1.807) is 20.8 Å². The van der Waals surface area contributed by atoms with E-state index in [0.29, 0.717) is 0 Å². The zero-order chi connectivity index (χ0) is 28.4. The van der Waals surface area contributed by atoms with Gasteiger partial charge in [-0.1, -0.05) is 0 Å². The summed E-state index contributed by atoms with van der Waals surface area (Å²) in [4.78, 5) is 47.6. The molecule has 10 atom stereocenters. The summed E-state index contributed by atoms with van der Waals surface area (Å²) in [6.45, 7) is 9.43. The zero-order valence-electron chi connectivity index (χ0n) is 22.7. The van der Waals surface area contributed by atoms with Crippen LogP contribution in [0.5, 0.6) is 0 Å². The van der Waals surface area contributed by atoms with Crippen LogP contribution in [0, 0.1) is 0 Å². The number of esters is 4. The highest BCUT2D eigenvalue weighted by molar-refractivity contribution is 5.68. The average molecular weight is 549 g/mol.